The van der Waals surface area contributed by atoms with Crippen LogP contribution in [0.5, 0.6) is 5.75 Å². The van der Waals surface area contributed by atoms with Gasteiger partial charge in [0.1, 0.15) is 5.75 Å². The van der Waals surface area contributed by atoms with Gasteiger partial charge in [-0.2, -0.15) is 0 Å². The van der Waals surface area contributed by atoms with Crippen molar-refractivity contribution in [1.29, 1.82) is 0 Å². The van der Waals surface area contributed by atoms with Crippen molar-refractivity contribution in [3.8, 4) is 5.75 Å². The Labute approximate surface area is 113 Å². The van der Waals surface area contributed by atoms with E-state index in [4.69, 9.17) is 4.74 Å². The minimum Gasteiger partial charge on any atom is -0.496 e. The Bertz CT molecular complexity index is 533. The number of methoxy groups -OCH3 is 1. The molecule has 0 unspecified atom stereocenters. The molecule has 0 radical (unpaired) electrons. The summed E-state index contributed by atoms with van der Waals surface area (Å²) in [6.07, 6.45) is 0.677. The summed E-state index contributed by atoms with van der Waals surface area (Å²) in [5, 5.41) is 2.36. The van der Waals surface area contributed by atoms with Crippen LogP contribution in [0.25, 0.3) is 0 Å². The molecule has 1 heterocycles. The summed E-state index contributed by atoms with van der Waals surface area (Å²) in [6.45, 7) is 5.92. The second-order valence-electron chi connectivity index (χ2n) is 5.52. The standard InChI is InChI=1S/C15H19NO3/c1-9-6-12(19-4)10(2)5-11(9)15(3)7-13(17)16-14(18)8-15/h5-6H,7-8H2,1-4H3,(H,16,17,18). The molecule has 0 bridgehead atoms. The predicted octanol–water partition coefficient (Wildman–Crippen LogP) is 2.01. The topological polar surface area (TPSA) is 55.4 Å². The summed E-state index contributed by atoms with van der Waals surface area (Å²) < 4.78 is 5.30. The van der Waals surface area contributed by atoms with Gasteiger partial charge in [-0.1, -0.05) is 13.0 Å². The molecular weight excluding hydrogens is 242 g/mol. The minimum absolute atomic E-state index is 0.202. The van der Waals surface area contributed by atoms with E-state index in [1.807, 2.05) is 32.9 Å². The van der Waals surface area contributed by atoms with Crippen molar-refractivity contribution in [1.82, 2.24) is 5.32 Å². The zero-order valence-electron chi connectivity index (χ0n) is 11.8. The molecule has 102 valence electrons. The monoisotopic (exact) mass is 261 g/mol. The Morgan fingerprint density at radius 2 is 1.68 bits per heavy atom. The van der Waals surface area contributed by atoms with Crippen LogP contribution in [0.1, 0.15) is 36.5 Å². The molecule has 0 saturated carbocycles. The van der Waals surface area contributed by atoms with E-state index < -0.39 is 5.41 Å². The first-order valence-electron chi connectivity index (χ1n) is 6.34. The number of amides is 2. The van der Waals surface area contributed by atoms with Gasteiger partial charge in [0, 0.05) is 18.3 Å². The highest BCUT2D eigenvalue weighted by Gasteiger charge is 2.38. The molecule has 1 aromatic carbocycles. The molecule has 0 aliphatic carbocycles. The average Bonchev–Trinajstić information content (AvgIpc) is 2.29. The van der Waals surface area contributed by atoms with Crippen LogP contribution < -0.4 is 10.1 Å². The predicted molar refractivity (Wildman–Crippen MR) is 72.2 cm³/mol. The van der Waals surface area contributed by atoms with Crippen LogP contribution in [0.2, 0.25) is 0 Å². The second kappa shape index (κ2) is 4.68. The number of nitrogens with one attached hydrogen (secondary N) is 1. The zero-order chi connectivity index (χ0) is 14.2. The highest BCUT2D eigenvalue weighted by Crippen LogP contribution is 2.38. The molecule has 1 aliphatic heterocycles. The number of hydrogen-bond acceptors (Lipinski definition) is 3. The van der Waals surface area contributed by atoms with E-state index >= 15 is 0 Å². The van der Waals surface area contributed by atoms with Crippen LogP contribution in [-0.2, 0) is 15.0 Å². The lowest BCUT2D eigenvalue weighted by Crippen LogP contribution is -2.45. The molecule has 0 spiro atoms. The van der Waals surface area contributed by atoms with E-state index in [1.54, 1.807) is 7.11 Å². The van der Waals surface area contributed by atoms with Gasteiger partial charge in [0.05, 0.1) is 7.11 Å². The molecule has 2 rings (SSSR count). The fourth-order valence-electron chi connectivity index (χ4n) is 2.87. The lowest BCUT2D eigenvalue weighted by atomic mass is 9.72. The van der Waals surface area contributed by atoms with Crippen LogP contribution in [0.4, 0.5) is 0 Å². The van der Waals surface area contributed by atoms with Crippen molar-refractivity contribution < 1.29 is 14.3 Å². The van der Waals surface area contributed by atoms with Crippen LogP contribution in [0, 0.1) is 13.8 Å². The first-order chi connectivity index (χ1) is 8.85. The number of ether oxygens (including phenoxy) is 1. The third kappa shape index (κ3) is 2.48. The summed E-state index contributed by atoms with van der Waals surface area (Å²) in [6, 6.07) is 3.99. The van der Waals surface area contributed by atoms with E-state index in [-0.39, 0.29) is 11.8 Å². The van der Waals surface area contributed by atoms with Crippen LogP contribution in [0.3, 0.4) is 0 Å². The van der Waals surface area contributed by atoms with Crippen molar-refractivity contribution >= 4 is 11.8 Å². The van der Waals surface area contributed by atoms with Crippen molar-refractivity contribution in [2.24, 2.45) is 0 Å². The fraction of sp³-hybridized carbons (Fsp3) is 0.467. The van der Waals surface area contributed by atoms with E-state index in [9.17, 15) is 9.59 Å². The fourth-order valence-corrected chi connectivity index (χ4v) is 2.87. The number of piperidine rings is 1. The van der Waals surface area contributed by atoms with E-state index in [1.165, 1.54) is 0 Å². The molecule has 1 fully saturated rings. The molecule has 0 atom stereocenters. The Kier molecular flexibility index (Phi) is 3.35. The van der Waals surface area contributed by atoms with Gasteiger partial charge in [-0.3, -0.25) is 14.9 Å². The maximum absolute atomic E-state index is 11.6. The van der Waals surface area contributed by atoms with Crippen molar-refractivity contribution in [2.45, 2.75) is 39.0 Å². The third-order valence-corrected chi connectivity index (χ3v) is 3.77. The molecule has 0 aromatic heterocycles. The summed E-state index contributed by atoms with van der Waals surface area (Å²) >= 11 is 0. The average molecular weight is 261 g/mol. The van der Waals surface area contributed by atoms with Gasteiger partial charge in [-0.05, 0) is 36.6 Å². The Morgan fingerprint density at radius 1 is 1.11 bits per heavy atom. The van der Waals surface area contributed by atoms with Gasteiger partial charge >= 0.3 is 0 Å². The molecule has 1 aliphatic rings. The van der Waals surface area contributed by atoms with Gasteiger partial charge in [-0.25, -0.2) is 0 Å². The van der Waals surface area contributed by atoms with Crippen molar-refractivity contribution in [3.63, 3.8) is 0 Å². The number of rotatable bonds is 2. The Balaban J connectivity index is 2.48. The number of imide groups is 1. The van der Waals surface area contributed by atoms with Gasteiger partial charge < -0.3 is 4.74 Å². The Hall–Kier alpha value is -1.84. The number of aryl methyl sites for hydroxylation is 2. The molecule has 1 aromatic rings. The summed E-state index contributed by atoms with van der Waals surface area (Å²) in [5.74, 6) is 0.426. The molecular formula is C15H19NO3. The van der Waals surface area contributed by atoms with E-state index in [2.05, 4.69) is 5.32 Å². The second-order valence-corrected chi connectivity index (χ2v) is 5.52. The summed E-state index contributed by atoms with van der Waals surface area (Å²) in [7, 11) is 1.64. The molecule has 1 N–H and O–H groups in total. The molecule has 4 nitrogen and oxygen atoms in total. The van der Waals surface area contributed by atoms with E-state index in [0.717, 1.165) is 22.4 Å². The van der Waals surface area contributed by atoms with Gasteiger partial charge in [0.2, 0.25) is 11.8 Å². The normalized spacial score (nSPS) is 18.1. The highest BCUT2D eigenvalue weighted by atomic mass is 16.5. The van der Waals surface area contributed by atoms with Gasteiger partial charge in [0.25, 0.3) is 0 Å². The maximum Gasteiger partial charge on any atom is 0.227 e. The molecule has 19 heavy (non-hydrogen) atoms. The number of carbonyl (C=O) groups excluding carboxylic acids is 2. The van der Waals surface area contributed by atoms with Crippen LogP contribution in [0.15, 0.2) is 12.1 Å². The van der Waals surface area contributed by atoms with Crippen molar-refractivity contribution in [2.75, 3.05) is 7.11 Å². The third-order valence-electron chi connectivity index (χ3n) is 3.77. The van der Waals surface area contributed by atoms with Crippen LogP contribution in [-0.4, -0.2) is 18.9 Å². The van der Waals surface area contributed by atoms with E-state index in [0.29, 0.717) is 12.8 Å². The smallest absolute Gasteiger partial charge is 0.227 e. The number of hydrogen-bond donors (Lipinski definition) is 1. The lowest BCUT2D eigenvalue weighted by molar-refractivity contribution is -0.135. The summed E-state index contributed by atoms with van der Waals surface area (Å²) in [4.78, 5) is 23.3. The highest BCUT2D eigenvalue weighted by molar-refractivity contribution is 5.99. The minimum atomic E-state index is -0.430. The largest absolute Gasteiger partial charge is 0.496 e. The SMILES string of the molecule is COc1cc(C)c(C2(C)CC(=O)NC(=O)C2)cc1C. The maximum atomic E-state index is 11.6. The first-order valence-corrected chi connectivity index (χ1v) is 6.34. The number of carbonyl (C=O) groups is 2. The van der Waals surface area contributed by atoms with Crippen molar-refractivity contribution in [3.05, 3.63) is 28.8 Å². The molecule has 2 amide bonds. The van der Waals surface area contributed by atoms with Crippen LogP contribution >= 0.6 is 0 Å². The Morgan fingerprint density at radius 3 is 2.21 bits per heavy atom. The summed E-state index contributed by atoms with van der Waals surface area (Å²) in [5.41, 5.74) is 2.68. The number of benzene rings is 1. The molecule has 1 saturated heterocycles. The zero-order valence-corrected chi connectivity index (χ0v) is 11.8. The van der Waals surface area contributed by atoms with Gasteiger partial charge in [0.15, 0.2) is 0 Å². The lowest BCUT2D eigenvalue weighted by Gasteiger charge is -2.34. The quantitative estimate of drug-likeness (QED) is 0.828. The van der Waals surface area contributed by atoms with Gasteiger partial charge in [-0.15, -0.1) is 0 Å². The molecule has 4 heteroatoms. The first kappa shape index (κ1) is 13.6.